The molecule has 3 rings (SSSR count). The Morgan fingerprint density at radius 2 is 2.00 bits per heavy atom. The molecule has 0 aromatic carbocycles. The summed E-state index contributed by atoms with van der Waals surface area (Å²) in [7, 11) is 0. The molecule has 0 unspecified atom stereocenters. The summed E-state index contributed by atoms with van der Waals surface area (Å²) >= 11 is 6.07. The Labute approximate surface area is 146 Å². The van der Waals surface area contributed by atoms with E-state index in [1.165, 1.54) is 0 Å². The quantitative estimate of drug-likeness (QED) is 0.739. The number of aliphatic hydroxyl groups is 2. The van der Waals surface area contributed by atoms with Crippen molar-refractivity contribution in [2.75, 3.05) is 5.32 Å². The van der Waals surface area contributed by atoms with Gasteiger partial charge in [0.2, 0.25) is 0 Å². The molecular weight excluding hydrogens is 326 g/mol. The first kappa shape index (κ1) is 17.1. The number of halogens is 1. The maximum Gasteiger partial charge on any atom is 0.131 e. The minimum atomic E-state index is -0.557. The Morgan fingerprint density at radius 1 is 1.25 bits per heavy atom. The summed E-state index contributed by atoms with van der Waals surface area (Å²) < 4.78 is 0. The van der Waals surface area contributed by atoms with Gasteiger partial charge in [-0.3, -0.25) is 4.98 Å². The summed E-state index contributed by atoms with van der Waals surface area (Å²) in [6.45, 7) is 1.86. The minimum Gasteiger partial charge on any atom is -0.392 e. The second-order valence-corrected chi connectivity index (χ2v) is 7.07. The zero-order chi connectivity index (χ0) is 17.2. The van der Waals surface area contributed by atoms with Crippen LogP contribution in [0.1, 0.15) is 38.2 Å². The molecular formula is C18H22ClN3O2. The van der Waals surface area contributed by atoms with E-state index < -0.39 is 5.60 Å². The summed E-state index contributed by atoms with van der Waals surface area (Å²) in [4.78, 5) is 8.57. The molecule has 6 heteroatoms. The summed E-state index contributed by atoms with van der Waals surface area (Å²) in [5, 5.41) is 23.2. The number of nitrogens with one attached hydrogen (secondary N) is 1. The van der Waals surface area contributed by atoms with Gasteiger partial charge in [0.15, 0.2) is 0 Å². The standard InChI is InChI=1S/C18H22ClN3O2/c1-18(24)6-4-13(5-7-18)22-16-8-17(19)21-10-14(16)15-3-2-12(11-23)9-20-15/h2-3,8-10,13,23-24H,4-7,11H2,1H3,(H,21,22). The average molecular weight is 348 g/mol. The van der Waals surface area contributed by atoms with Crippen molar-refractivity contribution < 1.29 is 10.2 Å². The first-order chi connectivity index (χ1) is 11.5. The average Bonchev–Trinajstić information content (AvgIpc) is 2.57. The highest BCUT2D eigenvalue weighted by molar-refractivity contribution is 6.29. The second kappa shape index (κ2) is 7.05. The Hall–Kier alpha value is -1.69. The molecule has 1 aliphatic carbocycles. The zero-order valence-electron chi connectivity index (χ0n) is 13.7. The lowest BCUT2D eigenvalue weighted by Gasteiger charge is -2.34. The monoisotopic (exact) mass is 347 g/mol. The van der Waals surface area contributed by atoms with E-state index in [1.807, 2.05) is 25.1 Å². The number of pyridine rings is 2. The molecule has 2 aromatic rings. The topological polar surface area (TPSA) is 78.3 Å². The predicted octanol–water partition coefficient (Wildman–Crippen LogP) is 3.39. The minimum absolute atomic E-state index is 0.0285. The van der Waals surface area contributed by atoms with Crippen LogP contribution < -0.4 is 5.32 Å². The third-order valence-corrected chi connectivity index (χ3v) is 4.78. The van der Waals surface area contributed by atoms with Crippen LogP contribution in [0.2, 0.25) is 5.15 Å². The molecule has 2 heterocycles. The van der Waals surface area contributed by atoms with Crippen molar-refractivity contribution in [3.05, 3.63) is 41.3 Å². The lowest BCUT2D eigenvalue weighted by atomic mass is 9.83. The van der Waals surface area contributed by atoms with Crippen LogP contribution in [-0.2, 0) is 6.61 Å². The van der Waals surface area contributed by atoms with Crippen LogP contribution in [0.3, 0.4) is 0 Å². The number of hydrogen-bond acceptors (Lipinski definition) is 5. The summed E-state index contributed by atoms with van der Waals surface area (Å²) in [5.41, 5.74) is 2.76. The molecule has 3 N–H and O–H groups in total. The largest absolute Gasteiger partial charge is 0.392 e. The Morgan fingerprint density at radius 3 is 2.62 bits per heavy atom. The van der Waals surface area contributed by atoms with Crippen LogP contribution in [0.5, 0.6) is 0 Å². The van der Waals surface area contributed by atoms with Crippen LogP contribution in [0, 0.1) is 0 Å². The van der Waals surface area contributed by atoms with Crippen molar-refractivity contribution in [2.24, 2.45) is 0 Å². The fourth-order valence-corrected chi connectivity index (χ4v) is 3.19. The SMILES string of the molecule is CC1(O)CCC(Nc2cc(Cl)ncc2-c2ccc(CO)cn2)CC1. The van der Waals surface area contributed by atoms with Crippen molar-refractivity contribution in [1.82, 2.24) is 9.97 Å². The van der Waals surface area contributed by atoms with Crippen LogP contribution in [0.25, 0.3) is 11.3 Å². The van der Waals surface area contributed by atoms with Crippen molar-refractivity contribution in [1.29, 1.82) is 0 Å². The molecule has 1 fully saturated rings. The summed E-state index contributed by atoms with van der Waals surface area (Å²) in [6, 6.07) is 5.82. The first-order valence-electron chi connectivity index (χ1n) is 8.17. The van der Waals surface area contributed by atoms with Crippen molar-refractivity contribution in [3.63, 3.8) is 0 Å². The lowest BCUT2D eigenvalue weighted by molar-refractivity contribution is 0.0196. The molecule has 2 aromatic heterocycles. The first-order valence-corrected chi connectivity index (χ1v) is 8.55. The van der Waals surface area contributed by atoms with E-state index in [2.05, 4.69) is 15.3 Å². The smallest absolute Gasteiger partial charge is 0.131 e. The Balaban J connectivity index is 1.83. The molecule has 0 amide bonds. The summed E-state index contributed by atoms with van der Waals surface area (Å²) in [6.07, 6.45) is 6.74. The Bertz CT molecular complexity index is 694. The van der Waals surface area contributed by atoms with Crippen molar-refractivity contribution in [2.45, 2.75) is 50.9 Å². The Kier molecular flexibility index (Phi) is 5.04. The molecule has 1 aliphatic rings. The van der Waals surface area contributed by atoms with Gasteiger partial charge in [-0.1, -0.05) is 17.7 Å². The number of nitrogens with zero attached hydrogens (tertiary/aromatic N) is 2. The molecule has 1 saturated carbocycles. The van der Waals surface area contributed by atoms with Gasteiger partial charge >= 0.3 is 0 Å². The van der Waals surface area contributed by atoms with Gasteiger partial charge in [0.05, 0.1) is 17.9 Å². The number of anilines is 1. The highest BCUT2D eigenvalue weighted by atomic mass is 35.5. The van der Waals surface area contributed by atoms with Crippen LogP contribution in [0.4, 0.5) is 5.69 Å². The molecule has 0 saturated heterocycles. The second-order valence-electron chi connectivity index (χ2n) is 6.68. The van der Waals surface area contributed by atoms with Gasteiger partial charge in [0, 0.05) is 29.7 Å². The third-order valence-electron chi connectivity index (χ3n) is 4.58. The van der Waals surface area contributed by atoms with Crippen LogP contribution in [-0.4, -0.2) is 31.8 Å². The van der Waals surface area contributed by atoms with Gasteiger partial charge in [0.1, 0.15) is 5.15 Å². The fraction of sp³-hybridized carbons (Fsp3) is 0.444. The van der Waals surface area contributed by atoms with Gasteiger partial charge < -0.3 is 15.5 Å². The van der Waals surface area contributed by atoms with Gasteiger partial charge in [-0.05, 0) is 50.3 Å². The van der Waals surface area contributed by atoms with Crippen LogP contribution >= 0.6 is 11.6 Å². The van der Waals surface area contributed by atoms with Crippen molar-refractivity contribution in [3.8, 4) is 11.3 Å². The zero-order valence-corrected chi connectivity index (χ0v) is 14.4. The van der Waals surface area contributed by atoms with Crippen molar-refractivity contribution >= 4 is 17.3 Å². The molecule has 5 nitrogen and oxygen atoms in total. The van der Waals surface area contributed by atoms with E-state index in [-0.39, 0.29) is 6.61 Å². The van der Waals surface area contributed by atoms with E-state index in [4.69, 9.17) is 16.7 Å². The van der Waals surface area contributed by atoms with E-state index in [0.717, 1.165) is 48.2 Å². The fourth-order valence-electron chi connectivity index (χ4n) is 3.03. The molecule has 0 radical (unpaired) electrons. The summed E-state index contributed by atoms with van der Waals surface area (Å²) in [5.74, 6) is 0. The highest BCUT2D eigenvalue weighted by Crippen LogP contribution is 2.33. The van der Waals surface area contributed by atoms with Gasteiger partial charge in [0.25, 0.3) is 0 Å². The van der Waals surface area contributed by atoms with E-state index in [9.17, 15) is 5.11 Å². The normalized spacial score (nSPS) is 23.9. The van der Waals surface area contributed by atoms with E-state index in [1.54, 1.807) is 12.4 Å². The number of rotatable bonds is 4. The molecule has 24 heavy (non-hydrogen) atoms. The molecule has 128 valence electrons. The third kappa shape index (κ3) is 4.04. The maximum atomic E-state index is 10.1. The van der Waals surface area contributed by atoms with E-state index >= 15 is 0 Å². The van der Waals surface area contributed by atoms with E-state index in [0.29, 0.717) is 11.2 Å². The number of aromatic nitrogens is 2. The van der Waals surface area contributed by atoms with Gasteiger partial charge in [-0.15, -0.1) is 0 Å². The number of hydrogen-bond donors (Lipinski definition) is 3. The predicted molar refractivity (Wildman–Crippen MR) is 94.9 cm³/mol. The maximum absolute atomic E-state index is 10.1. The van der Waals surface area contributed by atoms with Gasteiger partial charge in [-0.25, -0.2) is 4.98 Å². The number of aliphatic hydroxyl groups excluding tert-OH is 1. The lowest BCUT2D eigenvalue weighted by Crippen LogP contribution is -2.35. The van der Waals surface area contributed by atoms with Crippen LogP contribution in [0.15, 0.2) is 30.6 Å². The molecule has 0 spiro atoms. The molecule has 0 aliphatic heterocycles. The molecule has 0 bridgehead atoms. The highest BCUT2D eigenvalue weighted by Gasteiger charge is 2.29. The van der Waals surface area contributed by atoms with Gasteiger partial charge in [-0.2, -0.15) is 0 Å². The molecule has 0 atom stereocenters.